The number of ketones is 1. The number of fused-ring (bicyclic) bond motifs is 1. The minimum atomic E-state index is -0.111. The van der Waals surface area contributed by atoms with Crippen LogP contribution < -0.4 is 0 Å². The molecule has 2 aromatic carbocycles. The number of hydrogen-bond acceptors (Lipinski definition) is 3. The van der Waals surface area contributed by atoms with Gasteiger partial charge in [0.05, 0.1) is 5.56 Å². The van der Waals surface area contributed by atoms with Crippen LogP contribution in [0.5, 0.6) is 5.75 Å². The van der Waals surface area contributed by atoms with E-state index >= 15 is 0 Å². The molecule has 22 heavy (non-hydrogen) atoms. The van der Waals surface area contributed by atoms with Gasteiger partial charge in [-0.1, -0.05) is 58.0 Å². The molecule has 0 aliphatic heterocycles. The van der Waals surface area contributed by atoms with Crippen molar-refractivity contribution in [2.24, 2.45) is 0 Å². The number of hydrogen-bond donors (Lipinski definition) is 1. The van der Waals surface area contributed by atoms with E-state index in [2.05, 4.69) is 0 Å². The van der Waals surface area contributed by atoms with E-state index < -0.39 is 0 Å². The highest BCUT2D eigenvalue weighted by Gasteiger charge is 2.15. The van der Waals surface area contributed by atoms with Gasteiger partial charge in [0.15, 0.2) is 5.78 Å². The number of benzene rings is 2. The first-order valence-corrected chi connectivity index (χ1v) is 7.55. The van der Waals surface area contributed by atoms with Gasteiger partial charge in [-0.15, -0.1) is 0 Å². The third-order valence-corrected chi connectivity index (χ3v) is 2.84. The van der Waals surface area contributed by atoms with Crippen molar-refractivity contribution in [3.63, 3.8) is 0 Å². The number of rotatable bonds is 2. The summed E-state index contributed by atoms with van der Waals surface area (Å²) in [5, 5.41) is 10.1. The topological polar surface area (TPSA) is 50.4 Å². The molecule has 1 heterocycles. The molecule has 1 aromatic heterocycles. The van der Waals surface area contributed by atoms with Crippen molar-refractivity contribution < 1.29 is 14.3 Å². The second-order valence-corrected chi connectivity index (χ2v) is 4.02. The number of phenolic OH excluding ortho intramolecular Hbond substituents is 1. The van der Waals surface area contributed by atoms with Crippen LogP contribution in [0.4, 0.5) is 0 Å². The lowest BCUT2D eigenvalue weighted by Crippen LogP contribution is -1.99. The molecule has 0 radical (unpaired) electrons. The van der Waals surface area contributed by atoms with Crippen molar-refractivity contribution in [1.82, 2.24) is 0 Å². The zero-order valence-corrected chi connectivity index (χ0v) is 13.5. The summed E-state index contributed by atoms with van der Waals surface area (Å²) in [6.07, 6.45) is 1.43. The van der Waals surface area contributed by atoms with Crippen molar-refractivity contribution in [1.29, 1.82) is 0 Å². The average molecular weight is 298 g/mol. The van der Waals surface area contributed by atoms with Crippen LogP contribution >= 0.6 is 0 Å². The Morgan fingerprint density at radius 1 is 0.955 bits per heavy atom. The van der Waals surface area contributed by atoms with Gasteiger partial charge in [0.2, 0.25) is 0 Å². The molecule has 3 heteroatoms. The molecule has 0 spiro atoms. The highest BCUT2D eigenvalue weighted by molar-refractivity contribution is 6.15. The Morgan fingerprint density at radius 2 is 1.59 bits per heavy atom. The first-order valence-electron chi connectivity index (χ1n) is 7.55. The highest BCUT2D eigenvalue weighted by Crippen LogP contribution is 2.26. The second kappa shape index (κ2) is 8.67. The van der Waals surface area contributed by atoms with Gasteiger partial charge in [0.1, 0.15) is 17.6 Å². The largest absolute Gasteiger partial charge is 0.508 e. The number of aromatic hydroxyl groups is 1. The van der Waals surface area contributed by atoms with Crippen molar-refractivity contribution in [3.8, 4) is 5.75 Å². The molecule has 0 atom stereocenters. The van der Waals surface area contributed by atoms with Gasteiger partial charge in [0, 0.05) is 10.9 Å². The van der Waals surface area contributed by atoms with Crippen LogP contribution in [-0.4, -0.2) is 10.9 Å². The molecule has 3 aromatic rings. The summed E-state index contributed by atoms with van der Waals surface area (Å²) in [7, 11) is 0. The van der Waals surface area contributed by atoms with Crippen LogP contribution in [0.2, 0.25) is 0 Å². The number of carbonyl (C=O) groups is 1. The molecule has 116 valence electrons. The van der Waals surface area contributed by atoms with Gasteiger partial charge in [-0.2, -0.15) is 0 Å². The van der Waals surface area contributed by atoms with E-state index in [1.807, 2.05) is 45.9 Å². The van der Waals surface area contributed by atoms with Crippen LogP contribution in [0.1, 0.15) is 43.6 Å². The maximum absolute atomic E-state index is 12.3. The fourth-order valence-corrected chi connectivity index (χ4v) is 1.94. The van der Waals surface area contributed by atoms with Crippen LogP contribution in [0, 0.1) is 0 Å². The maximum atomic E-state index is 12.3. The molecule has 0 saturated heterocycles. The first-order chi connectivity index (χ1) is 10.8. The molecule has 3 rings (SSSR count). The lowest BCUT2D eigenvalue weighted by Gasteiger charge is -1.98. The standard InChI is InChI=1S/C15H10O3.2C2H6/c16-11-6-7-14-12(8-11)13(9-18-14)15(17)10-4-2-1-3-5-10;2*1-2/h1-9,16H;2*1-2H3. The smallest absolute Gasteiger partial charge is 0.196 e. The monoisotopic (exact) mass is 298 g/mol. The van der Waals surface area contributed by atoms with Crippen molar-refractivity contribution in [2.45, 2.75) is 27.7 Å². The van der Waals surface area contributed by atoms with E-state index in [0.29, 0.717) is 22.1 Å². The van der Waals surface area contributed by atoms with Gasteiger partial charge < -0.3 is 9.52 Å². The third-order valence-electron chi connectivity index (χ3n) is 2.84. The number of carbonyl (C=O) groups excluding carboxylic acids is 1. The van der Waals surface area contributed by atoms with Gasteiger partial charge in [0.25, 0.3) is 0 Å². The predicted molar refractivity (Wildman–Crippen MR) is 90.4 cm³/mol. The first kappa shape index (κ1) is 17.5. The minimum Gasteiger partial charge on any atom is -0.508 e. The zero-order valence-electron chi connectivity index (χ0n) is 13.5. The molecule has 0 unspecified atom stereocenters. The fraction of sp³-hybridized carbons (Fsp3) is 0.211. The lowest BCUT2D eigenvalue weighted by atomic mass is 10.0. The second-order valence-electron chi connectivity index (χ2n) is 4.02. The maximum Gasteiger partial charge on any atom is 0.196 e. The Bertz CT molecular complexity index is 712. The molecule has 0 amide bonds. The number of phenols is 1. The van der Waals surface area contributed by atoms with Crippen molar-refractivity contribution in [2.75, 3.05) is 0 Å². The summed E-state index contributed by atoms with van der Waals surface area (Å²) in [4.78, 5) is 12.3. The Kier molecular flexibility index (Phi) is 6.90. The van der Waals surface area contributed by atoms with Gasteiger partial charge >= 0.3 is 0 Å². The molecule has 0 aliphatic carbocycles. The van der Waals surface area contributed by atoms with Crippen LogP contribution in [0.15, 0.2) is 59.2 Å². The van der Waals surface area contributed by atoms with Crippen LogP contribution in [0.3, 0.4) is 0 Å². The van der Waals surface area contributed by atoms with Gasteiger partial charge in [-0.25, -0.2) is 0 Å². The molecule has 0 aliphatic rings. The lowest BCUT2D eigenvalue weighted by molar-refractivity contribution is 0.103. The normalized spacial score (nSPS) is 9.27. The van der Waals surface area contributed by atoms with E-state index in [9.17, 15) is 9.90 Å². The van der Waals surface area contributed by atoms with E-state index in [0.717, 1.165) is 0 Å². The average Bonchev–Trinajstić information content (AvgIpc) is 3.01. The third kappa shape index (κ3) is 3.76. The molecule has 1 N–H and O–H groups in total. The van der Waals surface area contributed by atoms with Crippen molar-refractivity contribution in [3.05, 3.63) is 65.9 Å². The SMILES string of the molecule is CC.CC.O=C(c1ccccc1)c1coc2ccc(O)cc12. The molecular formula is C19H22O3. The van der Waals surface area contributed by atoms with E-state index in [1.54, 1.807) is 18.2 Å². The van der Waals surface area contributed by atoms with E-state index in [1.165, 1.54) is 18.4 Å². The Balaban J connectivity index is 0.000000561. The summed E-state index contributed by atoms with van der Waals surface area (Å²) < 4.78 is 5.31. The summed E-state index contributed by atoms with van der Waals surface area (Å²) >= 11 is 0. The fourth-order valence-electron chi connectivity index (χ4n) is 1.94. The van der Waals surface area contributed by atoms with E-state index in [-0.39, 0.29) is 11.5 Å². The zero-order chi connectivity index (χ0) is 16.5. The molecular weight excluding hydrogens is 276 g/mol. The number of furan rings is 1. The summed E-state index contributed by atoms with van der Waals surface area (Å²) in [6, 6.07) is 13.7. The quantitative estimate of drug-likeness (QED) is 0.642. The summed E-state index contributed by atoms with van der Waals surface area (Å²) in [6.45, 7) is 8.00. The van der Waals surface area contributed by atoms with Gasteiger partial charge in [-0.3, -0.25) is 4.79 Å². The summed E-state index contributed by atoms with van der Waals surface area (Å²) in [5.74, 6) is 0.00552. The molecule has 3 nitrogen and oxygen atoms in total. The van der Waals surface area contributed by atoms with Gasteiger partial charge in [-0.05, 0) is 18.2 Å². The van der Waals surface area contributed by atoms with Crippen LogP contribution in [-0.2, 0) is 0 Å². The Hall–Kier alpha value is -2.55. The van der Waals surface area contributed by atoms with Crippen molar-refractivity contribution >= 4 is 16.8 Å². The Labute approximate surface area is 131 Å². The predicted octanol–water partition coefficient (Wildman–Crippen LogP) is 5.42. The highest BCUT2D eigenvalue weighted by atomic mass is 16.3. The molecule has 0 fully saturated rings. The Morgan fingerprint density at radius 3 is 2.23 bits per heavy atom. The summed E-state index contributed by atoms with van der Waals surface area (Å²) in [5.41, 5.74) is 1.66. The van der Waals surface area contributed by atoms with Crippen LogP contribution in [0.25, 0.3) is 11.0 Å². The van der Waals surface area contributed by atoms with E-state index in [4.69, 9.17) is 4.42 Å². The molecule has 0 saturated carbocycles. The molecule has 0 bridgehead atoms. The minimum absolute atomic E-state index is 0.111.